The zero-order valence-corrected chi connectivity index (χ0v) is 13.3. The molecule has 0 unspecified atom stereocenters. The van der Waals surface area contributed by atoms with Crippen LogP contribution in [0.4, 0.5) is 4.79 Å². The Balaban J connectivity index is 1.91. The highest BCUT2D eigenvalue weighted by molar-refractivity contribution is 5.83. The molecule has 0 aromatic heterocycles. The molecule has 2 saturated heterocycles. The third-order valence-electron chi connectivity index (χ3n) is 4.87. The van der Waals surface area contributed by atoms with Gasteiger partial charge >= 0.3 is 6.03 Å². The van der Waals surface area contributed by atoms with Crippen LogP contribution in [0.25, 0.3) is 0 Å². The first-order valence-corrected chi connectivity index (χ1v) is 8.16. The van der Waals surface area contributed by atoms with E-state index < -0.39 is 0 Å². The standard InChI is InChI=1S/C15H28N4O2/c1-3-15(5-7-16-8-6-15)13(20)18-9-11-19(12-10-18)14(21)17-4-2/h16H,3-12H2,1-2H3,(H,17,21). The predicted molar refractivity (Wildman–Crippen MR) is 82.1 cm³/mol. The number of hydrogen-bond donors (Lipinski definition) is 2. The second-order valence-corrected chi connectivity index (χ2v) is 6.00. The molecular formula is C15H28N4O2. The van der Waals surface area contributed by atoms with Crippen molar-refractivity contribution in [2.45, 2.75) is 33.1 Å². The van der Waals surface area contributed by atoms with E-state index in [4.69, 9.17) is 0 Å². The van der Waals surface area contributed by atoms with Crippen LogP contribution in [0.2, 0.25) is 0 Å². The zero-order valence-electron chi connectivity index (χ0n) is 13.3. The SMILES string of the molecule is CCNC(=O)N1CCN(C(=O)C2(CC)CCNCC2)CC1. The van der Waals surface area contributed by atoms with Crippen molar-refractivity contribution in [2.75, 3.05) is 45.8 Å². The molecule has 21 heavy (non-hydrogen) atoms. The molecule has 0 saturated carbocycles. The first-order chi connectivity index (χ1) is 10.1. The molecule has 3 amide bonds. The molecule has 0 atom stereocenters. The largest absolute Gasteiger partial charge is 0.339 e. The molecule has 2 heterocycles. The topological polar surface area (TPSA) is 64.7 Å². The fourth-order valence-corrected chi connectivity index (χ4v) is 3.34. The Morgan fingerprint density at radius 3 is 2.14 bits per heavy atom. The van der Waals surface area contributed by atoms with Crippen LogP contribution >= 0.6 is 0 Å². The summed E-state index contributed by atoms with van der Waals surface area (Å²) in [5.74, 6) is 0.294. The number of nitrogens with one attached hydrogen (secondary N) is 2. The Morgan fingerprint density at radius 1 is 1.05 bits per heavy atom. The van der Waals surface area contributed by atoms with Gasteiger partial charge in [-0.05, 0) is 39.3 Å². The molecular weight excluding hydrogens is 268 g/mol. The molecule has 0 aromatic rings. The number of amides is 3. The van der Waals surface area contributed by atoms with Gasteiger partial charge in [0.25, 0.3) is 0 Å². The van der Waals surface area contributed by atoms with Gasteiger partial charge in [0.05, 0.1) is 5.41 Å². The summed E-state index contributed by atoms with van der Waals surface area (Å²) in [5.41, 5.74) is -0.181. The second-order valence-electron chi connectivity index (χ2n) is 6.00. The van der Waals surface area contributed by atoms with E-state index in [1.807, 2.05) is 11.8 Å². The summed E-state index contributed by atoms with van der Waals surface area (Å²) in [6.45, 7) is 9.12. The van der Waals surface area contributed by atoms with E-state index in [0.29, 0.717) is 38.6 Å². The van der Waals surface area contributed by atoms with Crippen molar-refractivity contribution in [1.82, 2.24) is 20.4 Å². The van der Waals surface area contributed by atoms with Crippen molar-refractivity contribution in [3.05, 3.63) is 0 Å². The monoisotopic (exact) mass is 296 g/mol. The number of piperidine rings is 1. The first-order valence-electron chi connectivity index (χ1n) is 8.16. The van der Waals surface area contributed by atoms with E-state index in [-0.39, 0.29) is 11.4 Å². The second kappa shape index (κ2) is 7.11. The zero-order chi connectivity index (χ0) is 15.3. The van der Waals surface area contributed by atoms with Gasteiger partial charge in [0, 0.05) is 32.7 Å². The van der Waals surface area contributed by atoms with Crippen molar-refractivity contribution in [3.63, 3.8) is 0 Å². The van der Waals surface area contributed by atoms with Crippen LogP contribution in [-0.2, 0) is 4.79 Å². The molecule has 2 aliphatic heterocycles. The van der Waals surface area contributed by atoms with Gasteiger partial charge in [-0.25, -0.2) is 4.79 Å². The number of carbonyl (C=O) groups excluding carboxylic acids is 2. The smallest absolute Gasteiger partial charge is 0.317 e. The summed E-state index contributed by atoms with van der Waals surface area (Å²) < 4.78 is 0. The molecule has 2 N–H and O–H groups in total. The van der Waals surface area contributed by atoms with Crippen molar-refractivity contribution in [1.29, 1.82) is 0 Å². The maximum atomic E-state index is 12.9. The number of piperazine rings is 1. The summed E-state index contributed by atoms with van der Waals surface area (Å²) in [5, 5.41) is 6.15. The quantitative estimate of drug-likeness (QED) is 0.803. The van der Waals surface area contributed by atoms with E-state index in [2.05, 4.69) is 17.6 Å². The number of hydrogen-bond acceptors (Lipinski definition) is 3. The minimum Gasteiger partial charge on any atom is -0.339 e. The highest BCUT2D eigenvalue weighted by Gasteiger charge is 2.41. The van der Waals surface area contributed by atoms with Crippen LogP contribution in [0.1, 0.15) is 33.1 Å². The van der Waals surface area contributed by atoms with Gasteiger partial charge in [-0.15, -0.1) is 0 Å². The molecule has 0 aromatic carbocycles. The van der Waals surface area contributed by atoms with E-state index in [1.165, 1.54) is 0 Å². The van der Waals surface area contributed by atoms with Crippen molar-refractivity contribution >= 4 is 11.9 Å². The van der Waals surface area contributed by atoms with Crippen LogP contribution in [0.5, 0.6) is 0 Å². The van der Waals surface area contributed by atoms with Crippen LogP contribution in [0.3, 0.4) is 0 Å². The fraction of sp³-hybridized carbons (Fsp3) is 0.867. The number of nitrogens with zero attached hydrogens (tertiary/aromatic N) is 2. The normalized spacial score (nSPS) is 22.0. The van der Waals surface area contributed by atoms with Crippen LogP contribution in [0, 0.1) is 5.41 Å². The molecule has 6 heteroatoms. The molecule has 0 radical (unpaired) electrons. The minimum absolute atomic E-state index is 0.0170. The van der Waals surface area contributed by atoms with E-state index in [9.17, 15) is 9.59 Å². The first kappa shape index (κ1) is 16.1. The Labute approximate surface area is 127 Å². The van der Waals surface area contributed by atoms with Gasteiger partial charge in [-0.1, -0.05) is 6.92 Å². The lowest BCUT2D eigenvalue weighted by molar-refractivity contribution is -0.145. The lowest BCUT2D eigenvalue weighted by Gasteiger charge is -2.42. The average Bonchev–Trinajstić information content (AvgIpc) is 2.55. The summed E-state index contributed by atoms with van der Waals surface area (Å²) in [4.78, 5) is 28.4. The van der Waals surface area contributed by atoms with Crippen LogP contribution in [-0.4, -0.2) is 67.6 Å². The fourth-order valence-electron chi connectivity index (χ4n) is 3.34. The van der Waals surface area contributed by atoms with Gasteiger partial charge < -0.3 is 20.4 Å². The van der Waals surface area contributed by atoms with Crippen LogP contribution < -0.4 is 10.6 Å². The highest BCUT2D eigenvalue weighted by Crippen LogP contribution is 2.34. The molecule has 2 fully saturated rings. The van der Waals surface area contributed by atoms with Gasteiger partial charge in [0.2, 0.25) is 5.91 Å². The molecule has 2 rings (SSSR count). The molecule has 0 aliphatic carbocycles. The Kier molecular flexibility index (Phi) is 5.45. The van der Waals surface area contributed by atoms with Crippen molar-refractivity contribution in [2.24, 2.45) is 5.41 Å². The molecule has 0 spiro atoms. The summed E-state index contributed by atoms with van der Waals surface area (Å²) >= 11 is 0. The summed E-state index contributed by atoms with van der Waals surface area (Å²) in [6, 6.07) is -0.0170. The molecule has 120 valence electrons. The number of carbonyl (C=O) groups is 2. The Morgan fingerprint density at radius 2 is 1.62 bits per heavy atom. The predicted octanol–water partition coefficient (Wildman–Crippen LogP) is 0.640. The number of rotatable bonds is 3. The molecule has 0 bridgehead atoms. The van der Waals surface area contributed by atoms with Gasteiger partial charge in [0.1, 0.15) is 0 Å². The maximum Gasteiger partial charge on any atom is 0.317 e. The highest BCUT2D eigenvalue weighted by atomic mass is 16.2. The minimum atomic E-state index is -0.181. The average molecular weight is 296 g/mol. The van der Waals surface area contributed by atoms with Gasteiger partial charge in [-0.3, -0.25) is 4.79 Å². The summed E-state index contributed by atoms with van der Waals surface area (Å²) in [7, 11) is 0. The molecule has 6 nitrogen and oxygen atoms in total. The van der Waals surface area contributed by atoms with E-state index >= 15 is 0 Å². The maximum absolute atomic E-state index is 12.9. The summed E-state index contributed by atoms with van der Waals surface area (Å²) in [6.07, 6.45) is 2.77. The Hall–Kier alpha value is -1.30. The third-order valence-corrected chi connectivity index (χ3v) is 4.87. The lowest BCUT2D eigenvalue weighted by atomic mass is 9.75. The third kappa shape index (κ3) is 3.48. The number of urea groups is 1. The molecule has 2 aliphatic rings. The van der Waals surface area contributed by atoms with Crippen LogP contribution in [0.15, 0.2) is 0 Å². The van der Waals surface area contributed by atoms with Gasteiger partial charge in [0.15, 0.2) is 0 Å². The van der Waals surface area contributed by atoms with Crippen molar-refractivity contribution in [3.8, 4) is 0 Å². The van der Waals surface area contributed by atoms with E-state index in [1.54, 1.807) is 4.90 Å². The van der Waals surface area contributed by atoms with Crippen molar-refractivity contribution < 1.29 is 9.59 Å². The van der Waals surface area contributed by atoms with E-state index in [0.717, 1.165) is 32.4 Å². The lowest BCUT2D eigenvalue weighted by Crippen LogP contribution is -2.57. The Bertz CT molecular complexity index is 372. The van der Waals surface area contributed by atoms with Gasteiger partial charge in [-0.2, -0.15) is 0 Å².